The largest absolute Gasteiger partial charge is 0.316 e. The number of nitrogens with one attached hydrogen (secondary N) is 1. The first-order valence-corrected chi connectivity index (χ1v) is 7.59. The summed E-state index contributed by atoms with van der Waals surface area (Å²) in [6.07, 6.45) is 6.72. The van der Waals surface area contributed by atoms with Crippen LogP contribution in [0.15, 0.2) is 30.3 Å². The molecule has 0 aliphatic heterocycles. The van der Waals surface area contributed by atoms with Crippen molar-refractivity contribution in [3.05, 3.63) is 35.9 Å². The Hall–Kier alpha value is -0.820. The van der Waals surface area contributed by atoms with Crippen molar-refractivity contribution in [1.82, 2.24) is 5.32 Å². The molecule has 0 aromatic heterocycles. The van der Waals surface area contributed by atoms with E-state index < -0.39 is 0 Å². The summed E-state index contributed by atoms with van der Waals surface area (Å²) in [5.41, 5.74) is 1.91. The molecule has 0 heterocycles. The Kier molecular flexibility index (Phi) is 4.82. The van der Waals surface area contributed by atoms with Gasteiger partial charge in [-0.1, -0.05) is 50.6 Å². The van der Waals surface area contributed by atoms with E-state index in [1.54, 1.807) is 5.56 Å². The highest BCUT2D eigenvalue weighted by molar-refractivity contribution is 5.28. The lowest BCUT2D eigenvalue weighted by Crippen LogP contribution is -2.46. The predicted octanol–water partition coefficient (Wildman–Crippen LogP) is 4.13. The van der Waals surface area contributed by atoms with Crippen LogP contribution in [0.2, 0.25) is 0 Å². The fourth-order valence-electron chi connectivity index (χ4n) is 3.32. The molecule has 1 aliphatic rings. The third-order valence-electron chi connectivity index (χ3n) is 4.73. The van der Waals surface area contributed by atoms with Crippen LogP contribution in [0.5, 0.6) is 0 Å². The minimum Gasteiger partial charge on any atom is -0.316 e. The maximum Gasteiger partial charge on any atom is 0.0103 e. The van der Waals surface area contributed by atoms with E-state index in [9.17, 15) is 0 Å². The van der Waals surface area contributed by atoms with E-state index in [0.717, 1.165) is 19.0 Å². The molecule has 100 valence electrons. The summed E-state index contributed by atoms with van der Waals surface area (Å²) in [6.45, 7) is 6.89. The zero-order valence-electron chi connectivity index (χ0n) is 11.9. The number of rotatable bonds is 7. The lowest BCUT2D eigenvalue weighted by Gasteiger charge is -2.46. The molecule has 0 saturated heterocycles. The highest BCUT2D eigenvalue weighted by atomic mass is 14.9. The normalized spacial score (nSPS) is 19.2. The van der Waals surface area contributed by atoms with Crippen LogP contribution in [-0.4, -0.2) is 13.1 Å². The summed E-state index contributed by atoms with van der Waals surface area (Å²) in [7, 11) is 0. The molecule has 1 fully saturated rings. The Morgan fingerprint density at radius 1 is 1.17 bits per heavy atom. The van der Waals surface area contributed by atoms with Crippen LogP contribution in [0.25, 0.3) is 0 Å². The SMILES string of the molecule is CCCNCC(CC)(c1ccccc1)C1CCC1. The number of hydrogen-bond acceptors (Lipinski definition) is 1. The predicted molar refractivity (Wildman–Crippen MR) is 78.9 cm³/mol. The van der Waals surface area contributed by atoms with Crippen LogP contribution in [0.1, 0.15) is 51.5 Å². The Balaban J connectivity index is 2.19. The van der Waals surface area contributed by atoms with Gasteiger partial charge in [0.25, 0.3) is 0 Å². The van der Waals surface area contributed by atoms with E-state index in [4.69, 9.17) is 0 Å². The van der Waals surface area contributed by atoms with Gasteiger partial charge in [0.15, 0.2) is 0 Å². The van der Waals surface area contributed by atoms with Crippen LogP contribution in [-0.2, 0) is 5.41 Å². The number of hydrogen-bond donors (Lipinski definition) is 1. The Bertz CT molecular complexity index is 342. The van der Waals surface area contributed by atoms with Gasteiger partial charge < -0.3 is 5.32 Å². The summed E-state index contributed by atoms with van der Waals surface area (Å²) >= 11 is 0. The fraction of sp³-hybridized carbons (Fsp3) is 0.647. The van der Waals surface area contributed by atoms with Crippen molar-refractivity contribution in [3.8, 4) is 0 Å². The van der Waals surface area contributed by atoms with E-state index >= 15 is 0 Å². The Labute approximate surface area is 112 Å². The summed E-state index contributed by atoms with van der Waals surface area (Å²) in [5, 5.41) is 3.67. The molecule has 1 aliphatic carbocycles. The standard InChI is InChI=1S/C17H27N/c1-3-13-18-14-17(4-2,16-11-8-12-16)15-9-6-5-7-10-15/h5-7,9-10,16,18H,3-4,8,11-14H2,1-2H3. The van der Waals surface area contributed by atoms with Gasteiger partial charge in [-0.25, -0.2) is 0 Å². The molecule has 18 heavy (non-hydrogen) atoms. The molecular weight excluding hydrogens is 218 g/mol. The summed E-state index contributed by atoms with van der Waals surface area (Å²) in [5.74, 6) is 0.884. The Morgan fingerprint density at radius 3 is 2.39 bits per heavy atom. The minimum atomic E-state index is 0.370. The van der Waals surface area contributed by atoms with E-state index in [1.807, 2.05) is 0 Å². The van der Waals surface area contributed by atoms with Gasteiger partial charge in [-0.3, -0.25) is 0 Å². The topological polar surface area (TPSA) is 12.0 Å². The third-order valence-corrected chi connectivity index (χ3v) is 4.73. The minimum absolute atomic E-state index is 0.370. The third kappa shape index (κ3) is 2.61. The van der Waals surface area contributed by atoms with Crippen LogP contribution in [0.3, 0.4) is 0 Å². The van der Waals surface area contributed by atoms with E-state index in [-0.39, 0.29) is 0 Å². The van der Waals surface area contributed by atoms with Gasteiger partial charge in [-0.2, -0.15) is 0 Å². The molecule has 1 saturated carbocycles. The molecular formula is C17H27N. The highest BCUT2D eigenvalue weighted by Crippen LogP contribution is 2.46. The summed E-state index contributed by atoms with van der Waals surface area (Å²) in [6, 6.07) is 11.2. The van der Waals surface area contributed by atoms with E-state index in [2.05, 4.69) is 49.5 Å². The van der Waals surface area contributed by atoms with Crippen LogP contribution in [0.4, 0.5) is 0 Å². The van der Waals surface area contributed by atoms with E-state index in [0.29, 0.717) is 5.41 Å². The van der Waals surface area contributed by atoms with Crippen LogP contribution < -0.4 is 5.32 Å². The zero-order valence-corrected chi connectivity index (χ0v) is 11.9. The highest BCUT2D eigenvalue weighted by Gasteiger charge is 2.41. The Morgan fingerprint density at radius 2 is 1.89 bits per heavy atom. The first kappa shape index (κ1) is 13.6. The molecule has 1 aromatic rings. The molecule has 1 heteroatoms. The zero-order chi connectivity index (χ0) is 12.8. The van der Waals surface area contributed by atoms with E-state index in [1.165, 1.54) is 32.1 Å². The molecule has 1 atom stereocenters. The summed E-state index contributed by atoms with van der Waals surface area (Å²) < 4.78 is 0. The van der Waals surface area contributed by atoms with Crippen LogP contribution >= 0.6 is 0 Å². The lowest BCUT2D eigenvalue weighted by atomic mass is 9.60. The maximum absolute atomic E-state index is 3.67. The molecule has 1 N–H and O–H groups in total. The van der Waals surface area contributed by atoms with Gasteiger partial charge in [-0.05, 0) is 43.7 Å². The molecule has 0 radical (unpaired) electrons. The molecule has 1 aromatic carbocycles. The molecule has 1 nitrogen and oxygen atoms in total. The lowest BCUT2D eigenvalue weighted by molar-refractivity contribution is 0.152. The fourth-order valence-corrected chi connectivity index (χ4v) is 3.32. The molecule has 0 amide bonds. The van der Waals surface area contributed by atoms with Crippen molar-refractivity contribution in [2.45, 2.75) is 51.4 Å². The summed E-state index contributed by atoms with van der Waals surface area (Å²) in [4.78, 5) is 0. The van der Waals surface area contributed by atoms with Crippen molar-refractivity contribution < 1.29 is 0 Å². The second-order valence-corrected chi connectivity index (χ2v) is 5.68. The second kappa shape index (κ2) is 6.38. The van der Waals surface area contributed by atoms with Crippen molar-refractivity contribution in [3.63, 3.8) is 0 Å². The average molecular weight is 245 g/mol. The van der Waals surface area contributed by atoms with Gasteiger partial charge in [0.1, 0.15) is 0 Å². The smallest absolute Gasteiger partial charge is 0.0103 e. The maximum atomic E-state index is 3.67. The molecule has 0 bridgehead atoms. The first-order chi connectivity index (χ1) is 8.83. The average Bonchev–Trinajstić information content (AvgIpc) is 2.36. The van der Waals surface area contributed by atoms with Gasteiger partial charge in [0.2, 0.25) is 0 Å². The van der Waals surface area contributed by atoms with Crippen molar-refractivity contribution in [2.75, 3.05) is 13.1 Å². The molecule has 1 unspecified atom stereocenters. The van der Waals surface area contributed by atoms with Crippen molar-refractivity contribution >= 4 is 0 Å². The van der Waals surface area contributed by atoms with Gasteiger partial charge >= 0.3 is 0 Å². The van der Waals surface area contributed by atoms with Gasteiger partial charge in [0, 0.05) is 12.0 Å². The van der Waals surface area contributed by atoms with Gasteiger partial charge in [0.05, 0.1) is 0 Å². The quantitative estimate of drug-likeness (QED) is 0.712. The number of benzene rings is 1. The second-order valence-electron chi connectivity index (χ2n) is 5.68. The molecule has 2 rings (SSSR count). The van der Waals surface area contributed by atoms with Crippen LogP contribution in [0, 0.1) is 5.92 Å². The molecule has 0 spiro atoms. The van der Waals surface area contributed by atoms with Crippen molar-refractivity contribution in [2.24, 2.45) is 5.92 Å². The monoisotopic (exact) mass is 245 g/mol. The van der Waals surface area contributed by atoms with Crippen molar-refractivity contribution in [1.29, 1.82) is 0 Å². The van der Waals surface area contributed by atoms with Gasteiger partial charge in [-0.15, -0.1) is 0 Å². The first-order valence-electron chi connectivity index (χ1n) is 7.59.